The smallest absolute Gasteiger partial charge is 0.357 e. The van der Waals surface area contributed by atoms with Gasteiger partial charge in [0.15, 0.2) is 0 Å². The average Bonchev–Trinajstić information content (AvgIpc) is 2.33. The Bertz CT molecular complexity index is 773. The van der Waals surface area contributed by atoms with Gasteiger partial charge in [-0.1, -0.05) is 0 Å². The summed E-state index contributed by atoms with van der Waals surface area (Å²) in [5.41, 5.74) is -0.256. The number of aromatic hydroxyl groups is 1. The Morgan fingerprint density at radius 1 is 1.13 bits per heavy atom. The molecule has 0 aliphatic rings. The molecule has 0 bridgehead atoms. The second-order valence-electron chi connectivity index (χ2n) is 4.73. The zero-order chi connectivity index (χ0) is 18.3. The molecular weight excluding hydrogens is 376 g/mol. The van der Waals surface area contributed by atoms with Crippen LogP contribution in [0.5, 0.6) is 5.75 Å². The highest BCUT2D eigenvalue weighted by atomic mass is 32.2. The van der Waals surface area contributed by atoms with Crippen molar-refractivity contribution in [3.05, 3.63) is 23.8 Å². The first-order valence-corrected chi connectivity index (χ1v) is 10.4. The standard InChI is InChI=1S/C9H15NO10P2S/c1-9(21(12,13)14,22(15,16)17)10-5-6-4-7(23(18,19)20)2-3-8(6)11/h2-4,10-11H,5H2,1H3,(H2,12,13,14)(H2,15,16,17)(H,18,19,20). The molecule has 1 aromatic rings. The van der Waals surface area contributed by atoms with Gasteiger partial charge >= 0.3 is 15.2 Å². The summed E-state index contributed by atoms with van der Waals surface area (Å²) in [7, 11) is -15.3. The van der Waals surface area contributed by atoms with Crippen molar-refractivity contribution in [3.8, 4) is 5.75 Å². The molecule has 0 fully saturated rings. The topological polar surface area (TPSA) is 202 Å². The normalized spacial score (nSPS) is 14.0. The van der Waals surface area contributed by atoms with Gasteiger partial charge in [-0.15, -0.1) is 0 Å². The van der Waals surface area contributed by atoms with E-state index in [9.17, 15) is 22.7 Å². The average molecular weight is 391 g/mol. The molecule has 0 saturated heterocycles. The second kappa shape index (κ2) is 6.25. The van der Waals surface area contributed by atoms with Crippen LogP contribution in [0, 0.1) is 0 Å². The van der Waals surface area contributed by atoms with Gasteiger partial charge in [0.2, 0.25) is 5.02 Å². The van der Waals surface area contributed by atoms with E-state index >= 15 is 0 Å². The van der Waals surface area contributed by atoms with Gasteiger partial charge in [0.1, 0.15) is 5.75 Å². The van der Waals surface area contributed by atoms with Crippen molar-refractivity contribution in [1.29, 1.82) is 0 Å². The number of rotatable bonds is 6. The molecule has 23 heavy (non-hydrogen) atoms. The number of benzene rings is 1. The summed E-state index contributed by atoms with van der Waals surface area (Å²) in [6, 6.07) is 2.56. The first-order chi connectivity index (χ1) is 10.1. The largest absolute Gasteiger partial charge is 0.508 e. The predicted molar refractivity (Wildman–Crippen MR) is 77.3 cm³/mol. The molecule has 0 heterocycles. The Balaban J connectivity index is 3.24. The van der Waals surface area contributed by atoms with E-state index in [0.29, 0.717) is 6.92 Å². The highest BCUT2D eigenvalue weighted by Gasteiger charge is 2.56. The van der Waals surface area contributed by atoms with Crippen LogP contribution in [0.4, 0.5) is 0 Å². The Hall–Kier alpha value is -0.810. The van der Waals surface area contributed by atoms with E-state index < -0.39 is 47.5 Å². The quantitative estimate of drug-likeness (QED) is 0.249. The summed E-state index contributed by atoms with van der Waals surface area (Å²) in [4.78, 5) is 36.0. The Morgan fingerprint density at radius 2 is 1.61 bits per heavy atom. The fourth-order valence-corrected chi connectivity index (χ4v) is 3.96. The van der Waals surface area contributed by atoms with E-state index in [0.717, 1.165) is 18.2 Å². The van der Waals surface area contributed by atoms with Crippen molar-refractivity contribution in [2.24, 2.45) is 0 Å². The van der Waals surface area contributed by atoms with E-state index in [2.05, 4.69) is 0 Å². The Labute approximate surface area is 131 Å². The molecule has 11 nitrogen and oxygen atoms in total. The highest BCUT2D eigenvalue weighted by Crippen LogP contribution is 2.67. The lowest BCUT2D eigenvalue weighted by Crippen LogP contribution is -2.41. The number of phenolic OH excluding ortho intramolecular Hbond substituents is 1. The van der Waals surface area contributed by atoms with Gasteiger partial charge in [-0.3, -0.25) is 19.0 Å². The van der Waals surface area contributed by atoms with Crippen molar-refractivity contribution >= 4 is 25.3 Å². The SMILES string of the molecule is CC(NCc1cc(S(=O)(=O)O)ccc1O)(P(=O)(O)O)P(=O)(O)O. The van der Waals surface area contributed by atoms with Crippen molar-refractivity contribution in [2.45, 2.75) is 23.4 Å². The molecule has 1 rings (SSSR count). The van der Waals surface area contributed by atoms with Crippen LogP contribution in [0.15, 0.2) is 23.1 Å². The van der Waals surface area contributed by atoms with Crippen LogP contribution in [0.2, 0.25) is 0 Å². The minimum atomic E-state index is -5.33. The van der Waals surface area contributed by atoms with Gasteiger partial charge in [0, 0.05) is 12.1 Å². The van der Waals surface area contributed by atoms with Gasteiger partial charge in [0.25, 0.3) is 10.1 Å². The Morgan fingerprint density at radius 3 is 2.00 bits per heavy atom. The number of hydrogen-bond donors (Lipinski definition) is 7. The zero-order valence-corrected chi connectivity index (χ0v) is 14.2. The van der Waals surface area contributed by atoms with Crippen LogP contribution < -0.4 is 5.32 Å². The van der Waals surface area contributed by atoms with E-state index in [1.54, 1.807) is 0 Å². The maximum atomic E-state index is 11.4. The molecule has 0 unspecified atom stereocenters. The lowest BCUT2D eigenvalue weighted by Gasteiger charge is -2.31. The maximum absolute atomic E-state index is 11.4. The summed E-state index contributed by atoms with van der Waals surface area (Å²) in [6.07, 6.45) is 0. The van der Waals surface area contributed by atoms with Crippen LogP contribution in [0.3, 0.4) is 0 Å². The van der Waals surface area contributed by atoms with Crippen LogP contribution in [0.25, 0.3) is 0 Å². The van der Waals surface area contributed by atoms with Crippen molar-refractivity contribution in [3.63, 3.8) is 0 Å². The van der Waals surface area contributed by atoms with Crippen LogP contribution in [0.1, 0.15) is 12.5 Å². The number of hydrogen-bond acceptors (Lipinski definition) is 6. The molecule has 0 aliphatic heterocycles. The van der Waals surface area contributed by atoms with Gasteiger partial charge in [-0.25, -0.2) is 0 Å². The molecule has 0 saturated carbocycles. The molecule has 7 N–H and O–H groups in total. The van der Waals surface area contributed by atoms with Crippen LogP contribution >= 0.6 is 15.2 Å². The first kappa shape index (κ1) is 20.2. The van der Waals surface area contributed by atoms with Crippen molar-refractivity contribution in [2.75, 3.05) is 0 Å². The molecule has 14 heteroatoms. The third-order valence-corrected chi connectivity index (χ3v) is 8.09. The van der Waals surface area contributed by atoms with Crippen LogP contribution in [-0.2, 0) is 25.8 Å². The van der Waals surface area contributed by atoms with Gasteiger partial charge in [-0.2, -0.15) is 8.42 Å². The summed E-state index contributed by atoms with van der Waals surface area (Å²) in [6.45, 7) is -0.0971. The number of nitrogens with one attached hydrogen (secondary N) is 1. The zero-order valence-electron chi connectivity index (χ0n) is 11.6. The van der Waals surface area contributed by atoms with E-state index in [4.69, 9.17) is 24.1 Å². The van der Waals surface area contributed by atoms with E-state index in [-0.39, 0.29) is 5.56 Å². The van der Waals surface area contributed by atoms with E-state index in [1.165, 1.54) is 0 Å². The monoisotopic (exact) mass is 391 g/mol. The lowest BCUT2D eigenvalue weighted by atomic mass is 10.2. The molecule has 0 amide bonds. The molecule has 0 aromatic heterocycles. The van der Waals surface area contributed by atoms with Crippen LogP contribution in [-0.4, -0.2) is 42.7 Å². The predicted octanol–water partition coefficient (Wildman–Crippen LogP) is -0.242. The number of phenols is 1. The minimum Gasteiger partial charge on any atom is -0.508 e. The maximum Gasteiger partial charge on any atom is 0.357 e. The van der Waals surface area contributed by atoms with Gasteiger partial charge in [0.05, 0.1) is 4.90 Å². The minimum absolute atomic E-state index is 0.256. The first-order valence-electron chi connectivity index (χ1n) is 5.75. The molecule has 132 valence electrons. The molecule has 1 aromatic carbocycles. The molecule has 0 atom stereocenters. The fourth-order valence-electron chi connectivity index (χ4n) is 1.50. The molecular formula is C9H15NO10P2S. The second-order valence-corrected chi connectivity index (χ2v) is 10.5. The Kier molecular flexibility index (Phi) is 5.49. The molecule has 0 spiro atoms. The van der Waals surface area contributed by atoms with Crippen molar-refractivity contribution < 1.29 is 46.8 Å². The molecule has 0 aliphatic carbocycles. The van der Waals surface area contributed by atoms with E-state index in [1.807, 2.05) is 5.32 Å². The fraction of sp³-hybridized carbons (Fsp3) is 0.333. The third-order valence-electron chi connectivity index (χ3n) is 3.10. The lowest BCUT2D eigenvalue weighted by molar-refractivity contribution is 0.293. The van der Waals surface area contributed by atoms with Gasteiger partial charge < -0.3 is 24.7 Å². The third kappa shape index (κ3) is 4.38. The summed E-state index contributed by atoms with van der Waals surface area (Å²) in [5.74, 6) is -0.510. The van der Waals surface area contributed by atoms with Gasteiger partial charge in [-0.05, 0) is 25.1 Å². The molecule has 0 radical (unpaired) electrons. The summed E-state index contributed by atoms with van der Waals surface area (Å²) < 4.78 is 53.7. The summed E-state index contributed by atoms with van der Waals surface area (Å²) in [5, 5.41) is 8.60. The summed E-state index contributed by atoms with van der Waals surface area (Å²) >= 11 is 0. The van der Waals surface area contributed by atoms with Crippen molar-refractivity contribution in [1.82, 2.24) is 5.32 Å². The highest BCUT2D eigenvalue weighted by molar-refractivity contribution is 7.85.